The minimum absolute atomic E-state index is 0.00517. The number of nitrogens with zero attached hydrogens (tertiary/aromatic N) is 5. The molecule has 7 nitrogen and oxygen atoms in total. The summed E-state index contributed by atoms with van der Waals surface area (Å²) in [6.07, 6.45) is 5.03. The summed E-state index contributed by atoms with van der Waals surface area (Å²) in [6, 6.07) is 11.0. The lowest BCUT2D eigenvalue weighted by Gasteiger charge is -2.35. The van der Waals surface area contributed by atoms with Crippen LogP contribution in [0.5, 0.6) is 0 Å². The van der Waals surface area contributed by atoms with E-state index in [-0.39, 0.29) is 11.7 Å². The quantitative estimate of drug-likeness (QED) is 0.726. The van der Waals surface area contributed by atoms with E-state index in [1.54, 1.807) is 24.3 Å². The molecule has 2 aromatic rings. The summed E-state index contributed by atoms with van der Waals surface area (Å²) >= 11 is 0. The third kappa shape index (κ3) is 4.61. The van der Waals surface area contributed by atoms with Crippen molar-refractivity contribution in [3.8, 4) is 0 Å². The molecule has 1 amide bonds. The van der Waals surface area contributed by atoms with Crippen LogP contribution in [0, 0.1) is 0 Å². The minimum Gasteiger partial charge on any atom is -0.355 e. The molecular weight excluding hydrogens is 378 g/mol. The molecule has 0 aliphatic carbocycles. The zero-order valence-electron chi connectivity index (χ0n) is 17.6. The molecule has 0 unspecified atom stereocenters. The molecule has 30 heavy (non-hydrogen) atoms. The highest BCUT2D eigenvalue weighted by atomic mass is 16.2. The van der Waals surface area contributed by atoms with Crippen molar-refractivity contribution in [2.45, 2.75) is 32.6 Å². The molecular formula is C23H29N5O2. The second-order valence-corrected chi connectivity index (χ2v) is 8.06. The van der Waals surface area contributed by atoms with Crippen molar-refractivity contribution >= 4 is 23.3 Å². The fraction of sp³-hybridized carbons (Fsp3) is 0.478. The normalized spacial score (nSPS) is 17.6. The molecule has 2 aliphatic heterocycles. The smallest absolute Gasteiger partial charge is 0.253 e. The first-order valence-electron chi connectivity index (χ1n) is 10.9. The highest BCUT2D eigenvalue weighted by molar-refractivity contribution is 5.97. The Balaban J connectivity index is 1.33. The Labute approximate surface area is 177 Å². The Morgan fingerprint density at radius 2 is 1.17 bits per heavy atom. The second kappa shape index (κ2) is 9.24. The molecule has 2 aliphatic rings. The van der Waals surface area contributed by atoms with Crippen LogP contribution in [0.2, 0.25) is 0 Å². The number of anilines is 2. The molecule has 0 spiro atoms. The van der Waals surface area contributed by atoms with Gasteiger partial charge in [-0.15, -0.1) is 10.2 Å². The van der Waals surface area contributed by atoms with Crippen molar-refractivity contribution in [2.24, 2.45) is 0 Å². The first-order valence-corrected chi connectivity index (χ1v) is 10.9. The summed E-state index contributed by atoms with van der Waals surface area (Å²) in [5.74, 6) is 1.84. The lowest BCUT2D eigenvalue weighted by molar-refractivity contribution is 0.0746. The van der Waals surface area contributed by atoms with Crippen molar-refractivity contribution in [3.63, 3.8) is 0 Å². The Hall–Kier alpha value is -2.96. The van der Waals surface area contributed by atoms with Crippen molar-refractivity contribution in [3.05, 3.63) is 47.5 Å². The van der Waals surface area contributed by atoms with Crippen LogP contribution < -0.4 is 9.80 Å². The largest absolute Gasteiger partial charge is 0.355 e. The van der Waals surface area contributed by atoms with Gasteiger partial charge in [-0.25, -0.2) is 0 Å². The van der Waals surface area contributed by atoms with Gasteiger partial charge in [-0.3, -0.25) is 9.59 Å². The Morgan fingerprint density at radius 3 is 1.67 bits per heavy atom. The number of amides is 1. The molecule has 4 rings (SSSR count). The van der Waals surface area contributed by atoms with Crippen molar-refractivity contribution < 1.29 is 9.59 Å². The van der Waals surface area contributed by atoms with Crippen LogP contribution in [0.25, 0.3) is 0 Å². The van der Waals surface area contributed by atoms with E-state index in [1.165, 1.54) is 32.6 Å². The number of hydrogen-bond acceptors (Lipinski definition) is 6. The van der Waals surface area contributed by atoms with E-state index in [0.717, 1.165) is 37.8 Å². The molecule has 0 bridgehead atoms. The van der Waals surface area contributed by atoms with Crippen molar-refractivity contribution in [1.82, 2.24) is 15.1 Å². The van der Waals surface area contributed by atoms with Crippen LogP contribution in [0.3, 0.4) is 0 Å². The van der Waals surface area contributed by atoms with Gasteiger partial charge >= 0.3 is 0 Å². The van der Waals surface area contributed by atoms with Gasteiger partial charge in [-0.2, -0.15) is 0 Å². The molecule has 1 aromatic heterocycles. The minimum atomic E-state index is 0.00517. The maximum absolute atomic E-state index is 12.8. The number of carbonyl (C=O) groups excluding carboxylic acids is 2. The fourth-order valence-corrected chi connectivity index (χ4v) is 4.12. The summed E-state index contributed by atoms with van der Waals surface area (Å²) in [5, 5.41) is 8.93. The van der Waals surface area contributed by atoms with Gasteiger partial charge < -0.3 is 14.7 Å². The molecule has 0 atom stereocenters. The van der Waals surface area contributed by atoms with Gasteiger partial charge in [0.05, 0.1) is 0 Å². The fourth-order valence-electron chi connectivity index (χ4n) is 4.12. The highest BCUT2D eigenvalue weighted by Gasteiger charge is 2.23. The Morgan fingerprint density at radius 1 is 0.667 bits per heavy atom. The van der Waals surface area contributed by atoms with Gasteiger partial charge in [0.25, 0.3) is 5.91 Å². The average molecular weight is 408 g/mol. The summed E-state index contributed by atoms with van der Waals surface area (Å²) in [6.45, 7) is 6.39. The Kier molecular flexibility index (Phi) is 6.26. The molecule has 3 heterocycles. The number of rotatable bonds is 4. The highest BCUT2D eigenvalue weighted by Crippen LogP contribution is 2.20. The molecule has 7 heteroatoms. The number of ketones is 1. The molecule has 0 N–H and O–H groups in total. The first kappa shape index (κ1) is 20.3. The third-order valence-electron chi connectivity index (χ3n) is 6.00. The van der Waals surface area contributed by atoms with E-state index in [4.69, 9.17) is 0 Å². The van der Waals surface area contributed by atoms with Gasteiger partial charge in [-0.05, 0) is 44.0 Å². The lowest BCUT2D eigenvalue weighted by atomic mass is 10.1. The molecule has 0 radical (unpaired) electrons. The Bertz CT molecular complexity index is 865. The van der Waals surface area contributed by atoms with Gasteiger partial charge in [0.2, 0.25) is 0 Å². The maximum Gasteiger partial charge on any atom is 0.253 e. The van der Waals surface area contributed by atoms with Crippen LogP contribution in [0.15, 0.2) is 36.4 Å². The number of hydrogen-bond donors (Lipinski definition) is 0. The maximum atomic E-state index is 12.8. The summed E-state index contributed by atoms with van der Waals surface area (Å²) < 4.78 is 0. The SMILES string of the molecule is CC(=O)c1ccc(C(=O)N2CCN(c3ccc(N4CCCCCC4)nn3)CC2)cc1. The number of aromatic nitrogens is 2. The van der Waals surface area contributed by atoms with Gasteiger partial charge in [-0.1, -0.05) is 25.0 Å². The number of Topliss-reactive ketones (excluding diaryl/α,β-unsaturated/α-hetero) is 1. The summed E-state index contributed by atoms with van der Waals surface area (Å²) in [4.78, 5) is 30.5. The van der Waals surface area contributed by atoms with Gasteiger partial charge in [0.1, 0.15) is 0 Å². The standard InChI is InChI=1S/C23H29N5O2/c1-18(29)19-6-8-20(9-7-19)23(30)28-16-14-27(15-17-28)22-11-10-21(24-25-22)26-12-4-2-3-5-13-26/h6-11H,2-5,12-17H2,1H3. The molecule has 2 fully saturated rings. The molecule has 2 saturated heterocycles. The lowest BCUT2D eigenvalue weighted by Crippen LogP contribution is -2.49. The van der Waals surface area contributed by atoms with E-state index in [0.29, 0.717) is 24.2 Å². The predicted octanol–water partition coefficient (Wildman–Crippen LogP) is 3.02. The second-order valence-electron chi connectivity index (χ2n) is 8.06. The molecule has 1 aromatic carbocycles. The van der Waals surface area contributed by atoms with E-state index in [2.05, 4.69) is 26.1 Å². The van der Waals surface area contributed by atoms with Crippen LogP contribution in [0.4, 0.5) is 11.6 Å². The van der Waals surface area contributed by atoms with Gasteiger partial charge in [0, 0.05) is 50.4 Å². The third-order valence-corrected chi connectivity index (χ3v) is 6.00. The van der Waals surface area contributed by atoms with Crippen LogP contribution in [-0.2, 0) is 0 Å². The van der Waals surface area contributed by atoms with Crippen molar-refractivity contribution in [2.75, 3.05) is 49.1 Å². The monoisotopic (exact) mass is 407 g/mol. The predicted molar refractivity (Wildman–Crippen MR) is 117 cm³/mol. The van der Waals surface area contributed by atoms with E-state index < -0.39 is 0 Å². The van der Waals surface area contributed by atoms with Crippen LogP contribution in [-0.4, -0.2) is 66.1 Å². The molecule has 0 saturated carbocycles. The zero-order valence-corrected chi connectivity index (χ0v) is 17.6. The van der Waals surface area contributed by atoms with Gasteiger partial charge in [0.15, 0.2) is 17.4 Å². The summed E-state index contributed by atoms with van der Waals surface area (Å²) in [5.41, 5.74) is 1.24. The first-order chi connectivity index (χ1) is 14.6. The van der Waals surface area contributed by atoms with Crippen LogP contribution >= 0.6 is 0 Å². The van der Waals surface area contributed by atoms with Crippen molar-refractivity contribution in [1.29, 1.82) is 0 Å². The molecule has 158 valence electrons. The number of piperazine rings is 1. The average Bonchev–Trinajstić information content (AvgIpc) is 3.09. The zero-order chi connectivity index (χ0) is 20.9. The van der Waals surface area contributed by atoms with E-state index >= 15 is 0 Å². The van der Waals surface area contributed by atoms with Crippen LogP contribution in [0.1, 0.15) is 53.3 Å². The van der Waals surface area contributed by atoms with E-state index in [1.807, 2.05) is 11.0 Å². The van der Waals surface area contributed by atoms with E-state index in [9.17, 15) is 9.59 Å². The number of benzene rings is 1. The number of carbonyl (C=O) groups is 2. The summed E-state index contributed by atoms with van der Waals surface area (Å²) in [7, 11) is 0. The topological polar surface area (TPSA) is 69.6 Å².